The number of nitrogens with one attached hydrogen (secondary N) is 1. The normalized spacial score (nSPS) is 14.4. The van der Waals surface area contributed by atoms with Gasteiger partial charge >= 0.3 is 0 Å². The zero-order valence-electron chi connectivity index (χ0n) is 11.5. The van der Waals surface area contributed by atoms with Gasteiger partial charge in [-0.25, -0.2) is 4.98 Å². The van der Waals surface area contributed by atoms with Gasteiger partial charge in [0.2, 0.25) is 5.91 Å². The van der Waals surface area contributed by atoms with Crippen LogP contribution in [0.2, 0.25) is 0 Å². The first-order valence-corrected chi connectivity index (χ1v) is 6.70. The lowest BCUT2D eigenvalue weighted by Gasteiger charge is -2.21. The number of hydrogen-bond acceptors (Lipinski definition) is 3. The molecule has 0 saturated carbocycles. The van der Waals surface area contributed by atoms with Gasteiger partial charge in [-0.05, 0) is 20.8 Å². The molecule has 100 valence electrons. The van der Waals surface area contributed by atoms with Crippen LogP contribution in [0.15, 0.2) is 0 Å². The first-order valence-electron chi connectivity index (χ1n) is 6.70. The summed E-state index contributed by atoms with van der Waals surface area (Å²) < 4.78 is 2.08. The van der Waals surface area contributed by atoms with E-state index < -0.39 is 0 Å². The standard InChI is InChI=1S/C13H22N4O/c1-4-16(5-2)13(18)9-17-10(3)15-11-8-14-7-6-12(11)17/h14H,4-9H2,1-3H3. The number of aryl methyl sites for hydroxylation is 1. The van der Waals surface area contributed by atoms with E-state index in [1.54, 1.807) is 0 Å². The van der Waals surface area contributed by atoms with Crippen LogP contribution in [0.4, 0.5) is 0 Å². The number of nitrogens with zero attached hydrogens (tertiary/aromatic N) is 3. The van der Waals surface area contributed by atoms with Crippen molar-refractivity contribution in [3.05, 3.63) is 17.2 Å². The van der Waals surface area contributed by atoms with E-state index >= 15 is 0 Å². The molecule has 0 saturated heterocycles. The second-order valence-corrected chi connectivity index (χ2v) is 4.63. The Labute approximate surface area is 108 Å². The van der Waals surface area contributed by atoms with Crippen molar-refractivity contribution in [1.82, 2.24) is 19.8 Å². The average molecular weight is 250 g/mol. The third kappa shape index (κ3) is 2.41. The van der Waals surface area contributed by atoms with E-state index in [1.807, 2.05) is 25.7 Å². The highest BCUT2D eigenvalue weighted by Gasteiger charge is 2.20. The largest absolute Gasteiger partial charge is 0.342 e. The number of rotatable bonds is 4. The summed E-state index contributed by atoms with van der Waals surface area (Å²) in [5.74, 6) is 1.13. The number of carbonyl (C=O) groups is 1. The Kier molecular flexibility index (Phi) is 4.01. The summed E-state index contributed by atoms with van der Waals surface area (Å²) in [5, 5.41) is 3.31. The molecule has 0 bridgehead atoms. The van der Waals surface area contributed by atoms with Gasteiger partial charge < -0.3 is 14.8 Å². The van der Waals surface area contributed by atoms with Gasteiger partial charge in [0.1, 0.15) is 12.4 Å². The van der Waals surface area contributed by atoms with Gasteiger partial charge in [0.25, 0.3) is 0 Å². The van der Waals surface area contributed by atoms with E-state index in [0.29, 0.717) is 6.54 Å². The van der Waals surface area contributed by atoms with E-state index in [4.69, 9.17) is 0 Å². The second kappa shape index (κ2) is 5.52. The van der Waals surface area contributed by atoms with Crippen molar-refractivity contribution in [3.63, 3.8) is 0 Å². The molecule has 5 nitrogen and oxygen atoms in total. The fourth-order valence-corrected chi connectivity index (χ4v) is 2.53. The number of carbonyl (C=O) groups excluding carboxylic acids is 1. The molecule has 0 radical (unpaired) electrons. The lowest BCUT2D eigenvalue weighted by molar-refractivity contribution is -0.131. The summed E-state index contributed by atoms with van der Waals surface area (Å²) >= 11 is 0. The quantitative estimate of drug-likeness (QED) is 0.856. The maximum atomic E-state index is 12.2. The SMILES string of the molecule is CCN(CC)C(=O)Cn1c(C)nc2c1CCNC2. The second-order valence-electron chi connectivity index (χ2n) is 4.63. The Morgan fingerprint density at radius 1 is 1.44 bits per heavy atom. The van der Waals surface area contributed by atoms with E-state index in [9.17, 15) is 4.79 Å². The van der Waals surface area contributed by atoms with Crippen molar-refractivity contribution in [2.24, 2.45) is 0 Å². The van der Waals surface area contributed by atoms with E-state index in [2.05, 4.69) is 14.9 Å². The zero-order chi connectivity index (χ0) is 13.1. The summed E-state index contributed by atoms with van der Waals surface area (Å²) in [5.41, 5.74) is 2.33. The number of imidazole rings is 1. The topological polar surface area (TPSA) is 50.2 Å². The Morgan fingerprint density at radius 3 is 2.83 bits per heavy atom. The van der Waals surface area contributed by atoms with Crippen molar-refractivity contribution in [3.8, 4) is 0 Å². The summed E-state index contributed by atoms with van der Waals surface area (Å²) in [6, 6.07) is 0. The van der Waals surface area contributed by atoms with E-state index in [1.165, 1.54) is 5.69 Å². The highest BCUT2D eigenvalue weighted by atomic mass is 16.2. The maximum Gasteiger partial charge on any atom is 0.242 e. The minimum atomic E-state index is 0.182. The summed E-state index contributed by atoms with van der Waals surface area (Å²) in [7, 11) is 0. The van der Waals surface area contributed by atoms with Crippen molar-refractivity contribution in [2.75, 3.05) is 19.6 Å². The van der Waals surface area contributed by atoms with Crippen molar-refractivity contribution in [1.29, 1.82) is 0 Å². The van der Waals surface area contributed by atoms with Gasteiger partial charge in [-0.3, -0.25) is 4.79 Å². The highest BCUT2D eigenvalue weighted by molar-refractivity contribution is 5.76. The molecule has 18 heavy (non-hydrogen) atoms. The summed E-state index contributed by atoms with van der Waals surface area (Å²) in [6.07, 6.45) is 0.960. The molecule has 2 heterocycles. The molecule has 1 aromatic rings. The monoisotopic (exact) mass is 250 g/mol. The summed E-state index contributed by atoms with van der Waals surface area (Å²) in [6.45, 7) is 9.77. The molecule has 0 atom stereocenters. The number of likely N-dealkylation sites (N-methyl/N-ethyl adjacent to an activating group) is 1. The Hall–Kier alpha value is -1.36. The minimum absolute atomic E-state index is 0.182. The molecule has 0 fully saturated rings. The number of hydrogen-bond donors (Lipinski definition) is 1. The molecule has 1 amide bonds. The van der Waals surface area contributed by atoms with Crippen LogP contribution in [0.3, 0.4) is 0 Å². The van der Waals surface area contributed by atoms with Crippen LogP contribution >= 0.6 is 0 Å². The molecule has 0 aliphatic carbocycles. The molecular weight excluding hydrogens is 228 g/mol. The number of amides is 1. The van der Waals surface area contributed by atoms with E-state index in [0.717, 1.165) is 44.1 Å². The molecule has 2 rings (SSSR count). The highest BCUT2D eigenvalue weighted by Crippen LogP contribution is 2.15. The molecule has 5 heteroatoms. The molecule has 1 N–H and O–H groups in total. The fraction of sp³-hybridized carbons (Fsp3) is 0.692. The predicted molar refractivity (Wildman–Crippen MR) is 70.3 cm³/mol. The lowest BCUT2D eigenvalue weighted by Crippen LogP contribution is -2.34. The first-order chi connectivity index (χ1) is 8.67. The van der Waals surface area contributed by atoms with Gasteiger partial charge in [0, 0.05) is 38.3 Å². The average Bonchev–Trinajstić information content (AvgIpc) is 2.68. The smallest absolute Gasteiger partial charge is 0.242 e. The molecular formula is C13H22N4O. The van der Waals surface area contributed by atoms with Crippen molar-refractivity contribution in [2.45, 2.75) is 40.3 Å². The van der Waals surface area contributed by atoms with Gasteiger partial charge in [-0.2, -0.15) is 0 Å². The number of fused-ring (bicyclic) bond motifs is 1. The molecule has 0 unspecified atom stereocenters. The third-order valence-electron chi connectivity index (χ3n) is 3.59. The minimum Gasteiger partial charge on any atom is -0.342 e. The van der Waals surface area contributed by atoms with Crippen LogP contribution in [-0.2, 0) is 24.3 Å². The third-order valence-corrected chi connectivity index (χ3v) is 3.59. The van der Waals surface area contributed by atoms with Crippen LogP contribution in [0.1, 0.15) is 31.1 Å². The molecule has 1 aromatic heterocycles. The number of aromatic nitrogens is 2. The van der Waals surface area contributed by atoms with Gasteiger partial charge in [-0.15, -0.1) is 0 Å². The Bertz CT molecular complexity index is 434. The Morgan fingerprint density at radius 2 is 2.17 bits per heavy atom. The fourth-order valence-electron chi connectivity index (χ4n) is 2.53. The van der Waals surface area contributed by atoms with Crippen LogP contribution in [-0.4, -0.2) is 40.0 Å². The maximum absolute atomic E-state index is 12.2. The Balaban J connectivity index is 2.18. The van der Waals surface area contributed by atoms with Crippen molar-refractivity contribution < 1.29 is 4.79 Å². The van der Waals surface area contributed by atoms with Crippen LogP contribution in [0.5, 0.6) is 0 Å². The summed E-state index contributed by atoms with van der Waals surface area (Å²) in [4.78, 5) is 18.6. The predicted octanol–water partition coefficient (Wildman–Crippen LogP) is 0.706. The first kappa shape index (κ1) is 13.1. The van der Waals surface area contributed by atoms with Crippen molar-refractivity contribution >= 4 is 5.91 Å². The van der Waals surface area contributed by atoms with Gasteiger partial charge in [-0.1, -0.05) is 0 Å². The van der Waals surface area contributed by atoms with E-state index in [-0.39, 0.29) is 5.91 Å². The lowest BCUT2D eigenvalue weighted by atomic mass is 10.2. The zero-order valence-corrected chi connectivity index (χ0v) is 11.5. The van der Waals surface area contributed by atoms with Crippen LogP contribution in [0.25, 0.3) is 0 Å². The van der Waals surface area contributed by atoms with Gasteiger partial charge in [0.15, 0.2) is 0 Å². The molecule has 0 spiro atoms. The molecule has 0 aromatic carbocycles. The molecule has 1 aliphatic heterocycles. The molecule has 1 aliphatic rings. The van der Waals surface area contributed by atoms with Gasteiger partial charge in [0.05, 0.1) is 5.69 Å². The van der Waals surface area contributed by atoms with Crippen LogP contribution in [0, 0.1) is 6.92 Å². The van der Waals surface area contributed by atoms with Crippen LogP contribution < -0.4 is 5.32 Å².